The van der Waals surface area contributed by atoms with Gasteiger partial charge in [-0.1, -0.05) is 25.0 Å². The Balaban J connectivity index is 1.83. The van der Waals surface area contributed by atoms with Crippen molar-refractivity contribution in [2.45, 2.75) is 43.9 Å². The molecule has 0 saturated heterocycles. The van der Waals surface area contributed by atoms with Crippen LogP contribution in [0.3, 0.4) is 0 Å². The molecule has 0 aromatic heterocycles. The second-order valence-electron chi connectivity index (χ2n) is 6.38. The maximum absolute atomic E-state index is 13.1. The molecule has 0 atom stereocenters. The van der Waals surface area contributed by atoms with E-state index in [2.05, 4.69) is 5.32 Å². The maximum atomic E-state index is 13.1. The Morgan fingerprint density at radius 3 is 2.28 bits per heavy atom. The third-order valence-corrected chi connectivity index (χ3v) is 5.06. The molecule has 98 valence electrons. The highest BCUT2D eigenvalue weighted by Crippen LogP contribution is 2.62. The molecule has 2 saturated carbocycles. The zero-order valence-corrected chi connectivity index (χ0v) is 11.1. The first kappa shape index (κ1) is 12.2. The third kappa shape index (κ3) is 1.87. The summed E-state index contributed by atoms with van der Waals surface area (Å²) in [5.41, 5.74) is 2.19. The molecule has 0 aliphatic heterocycles. The van der Waals surface area contributed by atoms with Gasteiger partial charge in [-0.25, -0.2) is 4.39 Å². The highest BCUT2D eigenvalue weighted by Gasteiger charge is 2.55. The van der Waals surface area contributed by atoms with E-state index in [0.717, 1.165) is 6.54 Å². The van der Waals surface area contributed by atoms with Gasteiger partial charge in [0.2, 0.25) is 0 Å². The van der Waals surface area contributed by atoms with Gasteiger partial charge in [0.05, 0.1) is 0 Å². The van der Waals surface area contributed by atoms with Crippen LogP contribution in [-0.4, -0.2) is 13.6 Å². The average Bonchev–Trinajstić information content (AvgIpc) is 2.78. The summed E-state index contributed by atoms with van der Waals surface area (Å²) < 4.78 is 13.1. The molecule has 0 amide bonds. The molecule has 0 radical (unpaired) electrons. The van der Waals surface area contributed by atoms with Crippen molar-refractivity contribution in [2.75, 3.05) is 13.6 Å². The minimum absolute atomic E-state index is 0.131. The molecule has 1 N–H and O–H groups in total. The van der Waals surface area contributed by atoms with E-state index >= 15 is 0 Å². The lowest BCUT2D eigenvalue weighted by molar-refractivity contribution is 0.0282. The van der Waals surface area contributed by atoms with Gasteiger partial charge in [-0.15, -0.1) is 0 Å². The van der Waals surface area contributed by atoms with Gasteiger partial charge in [-0.2, -0.15) is 0 Å². The van der Waals surface area contributed by atoms with Gasteiger partial charge < -0.3 is 5.32 Å². The lowest BCUT2D eigenvalue weighted by atomic mass is 9.49. The fraction of sp³-hybridized carbons (Fsp3) is 0.625. The summed E-state index contributed by atoms with van der Waals surface area (Å²) in [6, 6.07) is 7.17. The van der Waals surface area contributed by atoms with E-state index in [0.29, 0.717) is 5.41 Å². The van der Waals surface area contributed by atoms with Gasteiger partial charge in [-0.3, -0.25) is 0 Å². The van der Waals surface area contributed by atoms with Crippen LogP contribution in [0.1, 0.15) is 44.1 Å². The van der Waals surface area contributed by atoms with Crippen molar-refractivity contribution in [3.63, 3.8) is 0 Å². The molecule has 2 aliphatic carbocycles. The normalized spacial score (nSPS) is 24.1. The summed E-state index contributed by atoms with van der Waals surface area (Å²) in [6.45, 7) is 1.01. The Labute approximate surface area is 109 Å². The second-order valence-corrected chi connectivity index (χ2v) is 6.38. The summed E-state index contributed by atoms with van der Waals surface area (Å²) in [5.74, 6) is -0.131. The number of halogens is 1. The van der Waals surface area contributed by atoms with Gasteiger partial charge in [0, 0.05) is 12.0 Å². The third-order valence-electron chi connectivity index (χ3n) is 5.06. The van der Waals surface area contributed by atoms with Crippen LogP contribution < -0.4 is 5.32 Å². The molecule has 0 unspecified atom stereocenters. The van der Waals surface area contributed by atoms with Crippen molar-refractivity contribution in [3.05, 3.63) is 35.6 Å². The Bertz CT molecular complexity index is 409. The first-order valence-electron chi connectivity index (χ1n) is 7.09. The molecule has 2 heteroatoms. The Kier molecular flexibility index (Phi) is 2.93. The molecule has 2 fully saturated rings. The maximum Gasteiger partial charge on any atom is 0.123 e. The number of rotatable bonds is 3. The Morgan fingerprint density at radius 1 is 1.11 bits per heavy atom. The van der Waals surface area contributed by atoms with Crippen molar-refractivity contribution < 1.29 is 4.39 Å². The summed E-state index contributed by atoms with van der Waals surface area (Å²) in [4.78, 5) is 0. The van der Waals surface area contributed by atoms with E-state index in [1.165, 1.54) is 44.1 Å². The van der Waals surface area contributed by atoms with Crippen LogP contribution in [-0.2, 0) is 5.41 Å². The van der Waals surface area contributed by atoms with Gasteiger partial charge in [0.1, 0.15) is 5.82 Å². The molecule has 0 bridgehead atoms. The molecule has 1 aromatic rings. The average molecular weight is 247 g/mol. The van der Waals surface area contributed by atoms with E-state index in [4.69, 9.17) is 0 Å². The van der Waals surface area contributed by atoms with Gasteiger partial charge in [-0.05, 0) is 55.8 Å². The fourth-order valence-corrected chi connectivity index (χ4v) is 4.44. The van der Waals surface area contributed by atoms with Crippen LogP contribution in [0.2, 0.25) is 0 Å². The summed E-state index contributed by atoms with van der Waals surface area (Å²) in [7, 11) is 2.02. The first-order valence-corrected chi connectivity index (χ1v) is 7.09. The molecule has 1 spiro atoms. The molecule has 18 heavy (non-hydrogen) atoms. The lowest BCUT2D eigenvalue weighted by Gasteiger charge is -2.56. The molecule has 1 nitrogen and oxygen atoms in total. The minimum atomic E-state index is -0.131. The van der Waals surface area contributed by atoms with E-state index in [1.54, 1.807) is 12.1 Å². The number of hydrogen-bond acceptors (Lipinski definition) is 1. The number of nitrogens with one attached hydrogen (secondary N) is 1. The van der Waals surface area contributed by atoms with Crippen molar-refractivity contribution in [3.8, 4) is 0 Å². The van der Waals surface area contributed by atoms with Gasteiger partial charge in [0.15, 0.2) is 0 Å². The monoisotopic (exact) mass is 247 g/mol. The van der Waals surface area contributed by atoms with Crippen molar-refractivity contribution in [2.24, 2.45) is 5.41 Å². The Hall–Kier alpha value is -0.890. The molecule has 3 rings (SSSR count). The Morgan fingerprint density at radius 2 is 1.72 bits per heavy atom. The highest BCUT2D eigenvalue weighted by molar-refractivity contribution is 5.32. The van der Waals surface area contributed by atoms with Crippen LogP contribution in [0.15, 0.2) is 24.3 Å². The summed E-state index contributed by atoms with van der Waals surface area (Å²) in [6.07, 6.45) is 8.18. The van der Waals surface area contributed by atoms with Gasteiger partial charge >= 0.3 is 0 Å². The van der Waals surface area contributed by atoms with Crippen LogP contribution in [0.25, 0.3) is 0 Å². The largest absolute Gasteiger partial charge is 0.319 e. The topological polar surface area (TPSA) is 12.0 Å². The number of likely N-dealkylation sites (N-methyl/N-ethyl adjacent to an activating group) is 1. The minimum Gasteiger partial charge on any atom is -0.319 e. The van der Waals surface area contributed by atoms with Crippen LogP contribution in [0.5, 0.6) is 0 Å². The summed E-state index contributed by atoms with van der Waals surface area (Å²) >= 11 is 0. The van der Waals surface area contributed by atoms with E-state index in [-0.39, 0.29) is 11.2 Å². The van der Waals surface area contributed by atoms with E-state index in [1.807, 2.05) is 19.2 Å². The predicted molar refractivity (Wildman–Crippen MR) is 72.1 cm³/mol. The number of hydrogen-bond donors (Lipinski definition) is 1. The first-order chi connectivity index (χ1) is 8.68. The fourth-order valence-electron chi connectivity index (χ4n) is 4.44. The second kappa shape index (κ2) is 4.34. The highest BCUT2D eigenvalue weighted by atomic mass is 19.1. The number of benzene rings is 1. The van der Waals surface area contributed by atoms with E-state index in [9.17, 15) is 4.39 Å². The van der Waals surface area contributed by atoms with Crippen molar-refractivity contribution in [1.82, 2.24) is 5.32 Å². The summed E-state index contributed by atoms with van der Waals surface area (Å²) in [5, 5.41) is 3.34. The van der Waals surface area contributed by atoms with Crippen LogP contribution in [0.4, 0.5) is 4.39 Å². The SMILES string of the molecule is CNCC1(c2ccc(F)cc2)CC2(CCCC2)C1. The predicted octanol–water partition coefficient (Wildman–Crippen LogP) is 3.64. The molecule has 0 heterocycles. The zero-order valence-electron chi connectivity index (χ0n) is 11.1. The standard InChI is InChI=1S/C16H22FN/c1-18-12-16(13-4-6-14(17)7-5-13)10-15(11-16)8-2-3-9-15/h4-7,18H,2-3,8-12H2,1H3. The van der Waals surface area contributed by atoms with Crippen molar-refractivity contribution in [1.29, 1.82) is 0 Å². The molecule has 2 aliphatic rings. The van der Waals surface area contributed by atoms with Gasteiger partial charge in [0.25, 0.3) is 0 Å². The molecular formula is C16H22FN. The molecule has 1 aromatic carbocycles. The van der Waals surface area contributed by atoms with E-state index < -0.39 is 0 Å². The smallest absolute Gasteiger partial charge is 0.123 e. The van der Waals surface area contributed by atoms with Crippen LogP contribution in [0, 0.1) is 11.2 Å². The zero-order chi connectivity index (χ0) is 12.6. The molecular weight excluding hydrogens is 225 g/mol. The van der Waals surface area contributed by atoms with Crippen LogP contribution >= 0.6 is 0 Å². The van der Waals surface area contributed by atoms with Crippen molar-refractivity contribution >= 4 is 0 Å². The quantitative estimate of drug-likeness (QED) is 0.860. The lowest BCUT2D eigenvalue weighted by Crippen LogP contribution is -2.53.